The van der Waals surface area contributed by atoms with Crippen molar-refractivity contribution >= 4 is 23.3 Å². The number of ether oxygens (including phenoxy) is 1. The molecule has 1 amide bonds. The van der Waals surface area contributed by atoms with Crippen LogP contribution in [0.15, 0.2) is 71.2 Å². The standard InChI is InChI=1S/C28H24N4O3/c1-17-11-18(2)13-23(12-17)35-27-24(28(34)32-10-6-5-7-25(32)31-27)15-21(16-29)26(33)30-22-9-8-19(3)20(4)14-22/h5-15H,1-4H3,(H,30,33)/b21-15-. The number of nitriles is 1. The third kappa shape index (κ3) is 5.12. The number of anilines is 1. The number of rotatable bonds is 5. The van der Waals surface area contributed by atoms with Crippen molar-refractivity contribution in [2.24, 2.45) is 0 Å². The fraction of sp³-hybridized carbons (Fsp3) is 0.143. The average Bonchev–Trinajstić information content (AvgIpc) is 2.81. The number of aromatic nitrogens is 2. The maximum Gasteiger partial charge on any atom is 0.269 e. The van der Waals surface area contributed by atoms with Crippen LogP contribution in [0.5, 0.6) is 11.6 Å². The Bertz CT molecular complexity index is 1570. The third-order valence-corrected chi connectivity index (χ3v) is 5.56. The summed E-state index contributed by atoms with van der Waals surface area (Å²) in [6, 6.07) is 18.2. The molecule has 0 atom stereocenters. The minimum absolute atomic E-state index is 0.000328. The Hall–Kier alpha value is -4.70. The summed E-state index contributed by atoms with van der Waals surface area (Å²) in [4.78, 5) is 30.7. The minimum atomic E-state index is -0.634. The molecule has 7 nitrogen and oxygen atoms in total. The molecule has 0 radical (unpaired) electrons. The fourth-order valence-electron chi connectivity index (χ4n) is 3.70. The van der Waals surface area contributed by atoms with Crippen LogP contribution in [0, 0.1) is 39.0 Å². The van der Waals surface area contributed by atoms with Crippen molar-refractivity contribution in [3.63, 3.8) is 0 Å². The largest absolute Gasteiger partial charge is 0.438 e. The minimum Gasteiger partial charge on any atom is -0.438 e. The van der Waals surface area contributed by atoms with E-state index in [9.17, 15) is 14.9 Å². The van der Waals surface area contributed by atoms with Crippen LogP contribution in [0.3, 0.4) is 0 Å². The Kier molecular flexibility index (Phi) is 6.47. The van der Waals surface area contributed by atoms with Gasteiger partial charge >= 0.3 is 0 Å². The molecule has 0 fully saturated rings. The molecule has 2 aromatic carbocycles. The number of amides is 1. The maximum atomic E-state index is 13.3. The number of benzene rings is 2. The number of pyridine rings is 1. The van der Waals surface area contributed by atoms with Crippen LogP contribution in [-0.2, 0) is 4.79 Å². The zero-order valence-electron chi connectivity index (χ0n) is 19.9. The lowest BCUT2D eigenvalue weighted by Gasteiger charge is -2.12. The van der Waals surface area contributed by atoms with E-state index in [4.69, 9.17) is 4.74 Å². The monoisotopic (exact) mass is 464 g/mol. The molecule has 4 rings (SSSR count). The number of nitrogens with one attached hydrogen (secondary N) is 1. The first-order chi connectivity index (χ1) is 16.7. The highest BCUT2D eigenvalue weighted by Gasteiger charge is 2.18. The predicted octanol–water partition coefficient (Wildman–Crippen LogP) is 5.27. The number of aryl methyl sites for hydroxylation is 4. The molecule has 0 saturated heterocycles. The van der Waals surface area contributed by atoms with Crippen molar-refractivity contribution in [2.75, 3.05) is 5.32 Å². The van der Waals surface area contributed by atoms with E-state index in [0.717, 1.165) is 22.3 Å². The van der Waals surface area contributed by atoms with E-state index in [1.54, 1.807) is 30.5 Å². The lowest BCUT2D eigenvalue weighted by Crippen LogP contribution is -2.20. The molecule has 174 valence electrons. The summed E-state index contributed by atoms with van der Waals surface area (Å²) >= 11 is 0. The smallest absolute Gasteiger partial charge is 0.269 e. The first kappa shape index (κ1) is 23.5. The van der Waals surface area contributed by atoms with Crippen molar-refractivity contribution in [1.82, 2.24) is 9.38 Å². The Labute approximate surface area is 203 Å². The summed E-state index contributed by atoms with van der Waals surface area (Å²) in [6.07, 6.45) is 2.80. The van der Waals surface area contributed by atoms with Crippen LogP contribution in [0.1, 0.15) is 27.8 Å². The second kappa shape index (κ2) is 9.65. The van der Waals surface area contributed by atoms with Gasteiger partial charge < -0.3 is 10.1 Å². The van der Waals surface area contributed by atoms with Gasteiger partial charge in [0.15, 0.2) is 0 Å². The Morgan fingerprint density at radius 2 is 1.77 bits per heavy atom. The normalized spacial score (nSPS) is 11.2. The van der Waals surface area contributed by atoms with Crippen LogP contribution in [0.4, 0.5) is 5.69 Å². The van der Waals surface area contributed by atoms with Crippen molar-refractivity contribution in [2.45, 2.75) is 27.7 Å². The van der Waals surface area contributed by atoms with Crippen LogP contribution < -0.4 is 15.6 Å². The second-order valence-corrected chi connectivity index (χ2v) is 8.41. The first-order valence-electron chi connectivity index (χ1n) is 11.0. The molecule has 2 aromatic heterocycles. The highest BCUT2D eigenvalue weighted by molar-refractivity contribution is 6.09. The molecule has 0 aliphatic rings. The highest BCUT2D eigenvalue weighted by Crippen LogP contribution is 2.26. The van der Waals surface area contributed by atoms with Gasteiger partial charge in [0.25, 0.3) is 11.5 Å². The fourth-order valence-corrected chi connectivity index (χ4v) is 3.70. The Morgan fingerprint density at radius 1 is 1.03 bits per heavy atom. The van der Waals surface area contributed by atoms with Gasteiger partial charge in [-0.2, -0.15) is 10.2 Å². The highest BCUT2D eigenvalue weighted by atomic mass is 16.5. The van der Waals surface area contributed by atoms with Crippen molar-refractivity contribution < 1.29 is 9.53 Å². The lowest BCUT2D eigenvalue weighted by molar-refractivity contribution is -0.112. The number of carbonyl (C=O) groups excluding carboxylic acids is 1. The number of hydrogen-bond donors (Lipinski definition) is 1. The molecule has 0 spiro atoms. The summed E-state index contributed by atoms with van der Waals surface area (Å²) in [5, 5.41) is 12.5. The molecule has 0 unspecified atom stereocenters. The van der Waals surface area contributed by atoms with E-state index >= 15 is 0 Å². The lowest BCUT2D eigenvalue weighted by atomic mass is 10.1. The van der Waals surface area contributed by atoms with E-state index in [1.165, 1.54) is 10.5 Å². The molecule has 0 aliphatic carbocycles. The van der Waals surface area contributed by atoms with Crippen molar-refractivity contribution in [3.8, 4) is 17.7 Å². The zero-order chi connectivity index (χ0) is 25.1. The number of carbonyl (C=O) groups is 1. The molecule has 1 N–H and O–H groups in total. The predicted molar refractivity (Wildman–Crippen MR) is 136 cm³/mol. The zero-order valence-corrected chi connectivity index (χ0v) is 19.9. The van der Waals surface area contributed by atoms with E-state index in [0.29, 0.717) is 17.1 Å². The van der Waals surface area contributed by atoms with Crippen LogP contribution >= 0.6 is 0 Å². The van der Waals surface area contributed by atoms with Gasteiger partial charge in [0.2, 0.25) is 5.88 Å². The van der Waals surface area contributed by atoms with E-state index in [2.05, 4.69) is 10.3 Å². The molecule has 0 aliphatic heterocycles. The topological polar surface area (TPSA) is 96.5 Å². The molecule has 7 heteroatoms. The summed E-state index contributed by atoms with van der Waals surface area (Å²) in [7, 11) is 0. The number of nitrogens with zero attached hydrogens (tertiary/aromatic N) is 3. The van der Waals surface area contributed by atoms with E-state index < -0.39 is 11.5 Å². The molecule has 2 heterocycles. The third-order valence-electron chi connectivity index (χ3n) is 5.56. The van der Waals surface area contributed by atoms with Gasteiger partial charge in [-0.05, 0) is 92.4 Å². The summed E-state index contributed by atoms with van der Waals surface area (Å²) in [5.74, 6) is -0.119. The van der Waals surface area contributed by atoms with Gasteiger partial charge in [0, 0.05) is 11.9 Å². The van der Waals surface area contributed by atoms with Crippen LogP contribution in [0.25, 0.3) is 11.7 Å². The van der Waals surface area contributed by atoms with Gasteiger partial charge in [0.05, 0.1) is 0 Å². The van der Waals surface area contributed by atoms with Crippen LogP contribution in [0.2, 0.25) is 0 Å². The van der Waals surface area contributed by atoms with Crippen molar-refractivity contribution in [3.05, 3.63) is 105 Å². The summed E-state index contributed by atoms with van der Waals surface area (Å²) < 4.78 is 7.37. The van der Waals surface area contributed by atoms with Gasteiger partial charge in [-0.1, -0.05) is 18.2 Å². The van der Waals surface area contributed by atoms with E-state index in [1.807, 2.05) is 64.1 Å². The van der Waals surface area contributed by atoms with Crippen molar-refractivity contribution in [1.29, 1.82) is 5.26 Å². The molecular weight excluding hydrogens is 440 g/mol. The molecule has 0 bridgehead atoms. The Morgan fingerprint density at radius 3 is 2.46 bits per heavy atom. The summed E-state index contributed by atoms with van der Waals surface area (Å²) in [5.41, 5.74) is 4.30. The number of fused-ring (bicyclic) bond motifs is 1. The molecular formula is C28H24N4O3. The molecule has 4 aromatic rings. The summed E-state index contributed by atoms with van der Waals surface area (Å²) in [6.45, 7) is 7.78. The van der Waals surface area contributed by atoms with Gasteiger partial charge in [-0.3, -0.25) is 14.0 Å². The maximum absolute atomic E-state index is 13.3. The number of hydrogen-bond acceptors (Lipinski definition) is 5. The molecule has 0 saturated carbocycles. The van der Waals surface area contributed by atoms with E-state index in [-0.39, 0.29) is 17.0 Å². The van der Waals surface area contributed by atoms with Gasteiger partial charge in [-0.15, -0.1) is 0 Å². The quantitative estimate of drug-likeness (QED) is 0.321. The second-order valence-electron chi connectivity index (χ2n) is 8.41. The SMILES string of the molecule is Cc1cc(C)cc(Oc2nc3ccccn3c(=O)c2/C=C(/C#N)C(=O)Nc2ccc(C)c(C)c2)c1. The first-order valence-corrected chi connectivity index (χ1v) is 11.0. The molecule has 35 heavy (non-hydrogen) atoms. The van der Waals surface area contributed by atoms with Crippen LogP contribution in [-0.4, -0.2) is 15.3 Å². The Balaban J connectivity index is 1.80. The van der Waals surface area contributed by atoms with Gasteiger partial charge in [-0.25, -0.2) is 0 Å². The van der Waals surface area contributed by atoms with Gasteiger partial charge in [0.1, 0.15) is 28.6 Å². The average molecular weight is 465 g/mol.